The Morgan fingerprint density at radius 3 is 2.58 bits per heavy atom. The van der Waals surface area contributed by atoms with Gasteiger partial charge in [0.25, 0.3) is 0 Å². The van der Waals surface area contributed by atoms with Gasteiger partial charge in [0.1, 0.15) is 6.34 Å². The number of benzene rings is 1. The minimum absolute atomic E-state index is 0.140. The van der Waals surface area contributed by atoms with Crippen molar-refractivity contribution in [1.82, 2.24) is 9.99 Å². The summed E-state index contributed by atoms with van der Waals surface area (Å²) < 4.78 is 12.9. The van der Waals surface area contributed by atoms with Gasteiger partial charge in [0.15, 0.2) is 6.17 Å². The second-order valence-corrected chi connectivity index (χ2v) is 4.31. The third kappa shape index (κ3) is 2.14. The summed E-state index contributed by atoms with van der Waals surface area (Å²) in [6.45, 7) is 0. The van der Waals surface area contributed by atoms with Crippen molar-refractivity contribution in [2.45, 2.75) is 6.17 Å². The van der Waals surface area contributed by atoms with Crippen LogP contribution in [0.2, 0.25) is 0 Å². The van der Waals surface area contributed by atoms with Crippen LogP contribution in [0, 0.1) is 5.95 Å². The molecular weight excluding hydrogens is 243 g/mol. The maximum absolute atomic E-state index is 12.9. The van der Waals surface area contributed by atoms with E-state index in [9.17, 15) is 4.39 Å². The highest BCUT2D eigenvalue weighted by atomic mass is 19.1. The molecule has 0 fully saturated rings. The molecule has 96 valence electrons. The zero-order chi connectivity index (χ0) is 13.2. The Bertz CT molecular complexity index is 582. The lowest BCUT2D eigenvalue weighted by Crippen LogP contribution is -2.36. The molecule has 0 radical (unpaired) electrons. The maximum atomic E-state index is 12.9. The highest BCUT2D eigenvalue weighted by Gasteiger charge is 2.27. The number of halogens is 1. The molecule has 1 unspecified atom stereocenters. The van der Waals surface area contributed by atoms with E-state index in [2.05, 4.69) is 9.98 Å². The molecule has 0 aliphatic carbocycles. The molecule has 19 heavy (non-hydrogen) atoms. The van der Waals surface area contributed by atoms with E-state index in [-0.39, 0.29) is 6.17 Å². The number of hydrogen-bond acceptors (Lipinski definition) is 4. The minimum Gasteiger partial charge on any atom is -0.275 e. The monoisotopic (exact) mass is 256 g/mol. The van der Waals surface area contributed by atoms with E-state index in [1.165, 1.54) is 12.3 Å². The first-order valence-electron chi connectivity index (χ1n) is 5.97. The van der Waals surface area contributed by atoms with E-state index in [0.717, 1.165) is 11.3 Å². The fourth-order valence-electron chi connectivity index (χ4n) is 2.13. The lowest BCUT2D eigenvalue weighted by Gasteiger charge is -2.30. The third-order valence-electron chi connectivity index (χ3n) is 3.02. The standard InChI is InChI=1S/C14H13FN4/c1-18-10-17-14(11-5-3-2-4-6-11)19(18)12-7-8-13(15)16-9-12/h2-10,14H,1H3. The number of pyridine rings is 1. The summed E-state index contributed by atoms with van der Waals surface area (Å²) in [6.07, 6.45) is 3.12. The average Bonchev–Trinajstić information content (AvgIpc) is 2.83. The van der Waals surface area contributed by atoms with Gasteiger partial charge in [-0.15, -0.1) is 0 Å². The summed E-state index contributed by atoms with van der Waals surface area (Å²) in [6, 6.07) is 13.0. The SMILES string of the molecule is CN1C=NC(c2ccccc2)N1c1ccc(F)nc1. The molecule has 4 nitrogen and oxygen atoms in total. The largest absolute Gasteiger partial charge is 0.275 e. The number of aliphatic imine (C=N–C) groups is 1. The van der Waals surface area contributed by atoms with E-state index in [4.69, 9.17) is 0 Å². The topological polar surface area (TPSA) is 31.7 Å². The average molecular weight is 256 g/mol. The molecule has 1 aromatic heterocycles. The summed E-state index contributed by atoms with van der Waals surface area (Å²) >= 11 is 0. The highest BCUT2D eigenvalue weighted by Crippen LogP contribution is 2.31. The van der Waals surface area contributed by atoms with Gasteiger partial charge in [-0.1, -0.05) is 30.3 Å². The van der Waals surface area contributed by atoms with E-state index in [0.29, 0.717) is 0 Å². The summed E-state index contributed by atoms with van der Waals surface area (Å²) in [5.41, 5.74) is 1.88. The van der Waals surface area contributed by atoms with Gasteiger partial charge in [-0.25, -0.2) is 9.98 Å². The second kappa shape index (κ2) is 4.68. The van der Waals surface area contributed by atoms with Crippen LogP contribution in [0.25, 0.3) is 0 Å². The van der Waals surface area contributed by atoms with Crippen LogP contribution >= 0.6 is 0 Å². The van der Waals surface area contributed by atoms with Crippen LogP contribution in [0.15, 0.2) is 53.7 Å². The lowest BCUT2D eigenvalue weighted by atomic mass is 10.1. The van der Waals surface area contributed by atoms with Crippen LogP contribution in [0.5, 0.6) is 0 Å². The van der Waals surface area contributed by atoms with Crippen LogP contribution < -0.4 is 5.01 Å². The fraction of sp³-hybridized carbons (Fsp3) is 0.143. The van der Waals surface area contributed by atoms with Crippen molar-refractivity contribution in [3.63, 3.8) is 0 Å². The van der Waals surface area contributed by atoms with Gasteiger partial charge in [-0.2, -0.15) is 4.39 Å². The Kier molecular flexibility index (Phi) is 2.87. The lowest BCUT2D eigenvalue weighted by molar-refractivity contribution is 0.451. The van der Waals surface area contributed by atoms with Gasteiger partial charge in [-0.05, 0) is 17.7 Å². The molecule has 2 heterocycles. The minimum atomic E-state index is -0.484. The number of hydrazine groups is 1. The fourth-order valence-corrected chi connectivity index (χ4v) is 2.13. The summed E-state index contributed by atoms with van der Waals surface area (Å²) in [5.74, 6) is -0.484. The van der Waals surface area contributed by atoms with Gasteiger partial charge in [0, 0.05) is 7.05 Å². The highest BCUT2D eigenvalue weighted by molar-refractivity contribution is 5.65. The smallest absolute Gasteiger partial charge is 0.212 e. The van der Waals surface area contributed by atoms with E-state index in [1.54, 1.807) is 12.4 Å². The van der Waals surface area contributed by atoms with Crippen molar-refractivity contribution < 1.29 is 4.39 Å². The summed E-state index contributed by atoms with van der Waals surface area (Å²) in [4.78, 5) is 8.17. The van der Waals surface area contributed by atoms with Gasteiger partial charge in [-0.3, -0.25) is 10.0 Å². The van der Waals surface area contributed by atoms with Gasteiger partial charge >= 0.3 is 0 Å². The second-order valence-electron chi connectivity index (χ2n) is 4.31. The van der Waals surface area contributed by atoms with E-state index < -0.39 is 5.95 Å². The number of aromatic nitrogens is 1. The van der Waals surface area contributed by atoms with Crippen molar-refractivity contribution in [2.75, 3.05) is 12.1 Å². The number of hydrogen-bond donors (Lipinski definition) is 0. The van der Waals surface area contributed by atoms with Crippen molar-refractivity contribution in [3.05, 3.63) is 60.2 Å². The molecule has 1 aliphatic rings. The molecule has 0 bridgehead atoms. The number of anilines is 1. The zero-order valence-electron chi connectivity index (χ0n) is 10.4. The van der Waals surface area contributed by atoms with Crippen molar-refractivity contribution in [3.8, 4) is 0 Å². The molecule has 3 rings (SSSR count). The van der Waals surface area contributed by atoms with Gasteiger partial charge < -0.3 is 0 Å². The van der Waals surface area contributed by atoms with E-state index >= 15 is 0 Å². The van der Waals surface area contributed by atoms with Gasteiger partial charge in [0.2, 0.25) is 5.95 Å². The molecule has 0 saturated heterocycles. The predicted octanol–water partition coefficient (Wildman–Crippen LogP) is 2.61. The molecule has 1 aromatic carbocycles. The Morgan fingerprint density at radius 2 is 1.89 bits per heavy atom. The first kappa shape index (κ1) is 11.6. The molecular formula is C14H13FN4. The molecule has 0 spiro atoms. The van der Waals surface area contributed by atoms with Crippen LogP contribution in [-0.2, 0) is 0 Å². The summed E-state index contributed by atoms with van der Waals surface area (Å²) in [7, 11) is 1.90. The zero-order valence-corrected chi connectivity index (χ0v) is 10.4. The van der Waals surface area contributed by atoms with Crippen molar-refractivity contribution in [2.24, 2.45) is 4.99 Å². The quantitative estimate of drug-likeness (QED) is 0.774. The predicted molar refractivity (Wildman–Crippen MR) is 72.1 cm³/mol. The normalized spacial score (nSPS) is 18.1. The van der Waals surface area contributed by atoms with Crippen LogP contribution in [0.3, 0.4) is 0 Å². The molecule has 1 aliphatic heterocycles. The Morgan fingerprint density at radius 1 is 1.11 bits per heavy atom. The molecule has 5 heteroatoms. The van der Waals surface area contributed by atoms with Gasteiger partial charge in [0.05, 0.1) is 11.9 Å². The molecule has 0 amide bonds. The van der Waals surface area contributed by atoms with Crippen molar-refractivity contribution in [1.29, 1.82) is 0 Å². The maximum Gasteiger partial charge on any atom is 0.212 e. The molecule has 1 atom stereocenters. The number of nitrogens with zero attached hydrogens (tertiary/aromatic N) is 4. The summed E-state index contributed by atoms with van der Waals surface area (Å²) in [5, 5.41) is 3.83. The first-order chi connectivity index (χ1) is 9.25. The molecule has 2 aromatic rings. The number of rotatable bonds is 2. The van der Waals surface area contributed by atoms with E-state index in [1.807, 2.05) is 47.4 Å². The van der Waals surface area contributed by atoms with Crippen molar-refractivity contribution >= 4 is 12.0 Å². The first-order valence-corrected chi connectivity index (χ1v) is 5.97. The Labute approximate surface area is 110 Å². The Balaban J connectivity index is 1.96. The molecule has 0 saturated carbocycles. The molecule has 0 N–H and O–H groups in total. The van der Waals surface area contributed by atoms with Crippen LogP contribution in [0.4, 0.5) is 10.1 Å². The third-order valence-corrected chi connectivity index (χ3v) is 3.02. The Hall–Kier alpha value is -2.43. The van der Waals surface area contributed by atoms with Crippen LogP contribution in [-0.4, -0.2) is 23.4 Å². The van der Waals surface area contributed by atoms with Crippen LogP contribution in [0.1, 0.15) is 11.7 Å².